The molecule has 18 heavy (non-hydrogen) atoms. The number of hydrogen-bond donors (Lipinski definition) is 1. The molecule has 1 heterocycles. The number of halogens is 3. The minimum Gasteiger partial charge on any atom is -0.346 e. The molecule has 0 unspecified atom stereocenters. The molecule has 1 aliphatic carbocycles. The average molecular weight is 279 g/mol. The fraction of sp³-hybridized carbons (Fsp3) is 0.600. The molecular formula is C10H12F3N3OS. The molecule has 0 spiro atoms. The third kappa shape index (κ3) is 3.94. The number of carbonyl (C=O) groups excluding carboxylic acids is 1. The molecule has 1 fully saturated rings. The van der Waals surface area contributed by atoms with Crippen molar-refractivity contribution in [3.05, 3.63) is 12.4 Å². The van der Waals surface area contributed by atoms with Gasteiger partial charge in [0.05, 0.1) is 5.75 Å². The maximum absolute atomic E-state index is 11.9. The molecule has 8 heteroatoms. The van der Waals surface area contributed by atoms with Crippen LogP contribution in [0.3, 0.4) is 0 Å². The van der Waals surface area contributed by atoms with E-state index in [-0.39, 0.29) is 5.75 Å². The molecule has 2 rings (SSSR count). The molecule has 100 valence electrons. The highest BCUT2D eigenvalue weighted by Gasteiger charge is 2.28. The van der Waals surface area contributed by atoms with Crippen molar-refractivity contribution in [2.75, 3.05) is 12.3 Å². The molecule has 0 atom stereocenters. The van der Waals surface area contributed by atoms with Gasteiger partial charge in [-0.25, -0.2) is 4.98 Å². The van der Waals surface area contributed by atoms with Gasteiger partial charge in [-0.2, -0.15) is 13.2 Å². The van der Waals surface area contributed by atoms with Crippen LogP contribution in [0.1, 0.15) is 18.9 Å². The number of amides is 1. The highest BCUT2D eigenvalue weighted by molar-refractivity contribution is 7.99. The first kappa shape index (κ1) is 13.3. The third-order valence-electron chi connectivity index (χ3n) is 2.39. The summed E-state index contributed by atoms with van der Waals surface area (Å²) in [7, 11) is 0. The first-order valence-electron chi connectivity index (χ1n) is 5.45. The van der Waals surface area contributed by atoms with Gasteiger partial charge in [0.15, 0.2) is 5.16 Å². The molecule has 0 saturated heterocycles. The van der Waals surface area contributed by atoms with Gasteiger partial charge in [0.25, 0.3) is 0 Å². The smallest absolute Gasteiger partial charge is 0.346 e. The lowest BCUT2D eigenvalue weighted by Crippen LogP contribution is -2.34. The van der Waals surface area contributed by atoms with E-state index in [9.17, 15) is 18.0 Å². The molecule has 4 nitrogen and oxygen atoms in total. The van der Waals surface area contributed by atoms with Crippen LogP contribution in [0, 0.1) is 0 Å². The predicted molar refractivity (Wildman–Crippen MR) is 60.3 cm³/mol. The van der Waals surface area contributed by atoms with Crippen molar-refractivity contribution in [2.24, 2.45) is 0 Å². The fourth-order valence-electron chi connectivity index (χ4n) is 1.42. The SMILES string of the molecule is O=C(CSc1nccn1C1CC1)NCC(F)(F)F. The van der Waals surface area contributed by atoms with Crippen LogP contribution in [0.4, 0.5) is 13.2 Å². The first-order valence-corrected chi connectivity index (χ1v) is 6.43. The van der Waals surface area contributed by atoms with Crippen LogP contribution in [-0.4, -0.2) is 33.9 Å². The van der Waals surface area contributed by atoms with Crippen molar-refractivity contribution in [1.82, 2.24) is 14.9 Å². The van der Waals surface area contributed by atoms with E-state index in [1.807, 2.05) is 16.1 Å². The van der Waals surface area contributed by atoms with Crippen LogP contribution in [0.15, 0.2) is 17.6 Å². The number of thioether (sulfide) groups is 1. The minimum absolute atomic E-state index is 0.0557. The molecule has 0 radical (unpaired) electrons. The second kappa shape index (κ2) is 5.21. The van der Waals surface area contributed by atoms with Crippen LogP contribution in [0.5, 0.6) is 0 Å². The van der Waals surface area contributed by atoms with Crippen LogP contribution < -0.4 is 5.32 Å². The van der Waals surface area contributed by atoms with E-state index in [1.54, 1.807) is 6.20 Å². The van der Waals surface area contributed by atoms with Crippen LogP contribution in [-0.2, 0) is 4.79 Å². The Balaban J connectivity index is 1.77. The Labute approximate surface area is 106 Å². The number of alkyl halides is 3. The lowest BCUT2D eigenvalue weighted by atomic mass is 10.6. The highest BCUT2D eigenvalue weighted by Crippen LogP contribution is 2.37. The topological polar surface area (TPSA) is 46.9 Å². The fourth-order valence-corrected chi connectivity index (χ4v) is 2.28. The molecule has 1 aromatic rings. The summed E-state index contributed by atoms with van der Waals surface area (Å²) in [6, 6.07) is 0.438. The summed E-state index contributed by atoms with van der Waals surface area (Å²) in [4.78, 5) is 15.3. The molecule has 1 amide bonds. The zero-order valence-electron chi connectivity index (χ0n) is 9.41. The van der Waals surface area contributed by atoms with Gasteiger partial charge in [0.2, 0.25) is 5.91 Å². The summed E-state index contributed by atoms with van der Waals surface area (Å²) >= 11 is 1.15. The van der Waals surface area contributed by atoms with E-state index in [4.69, 9.17) is 0 Å². The molecule has 0 aromatic carbocycles. The quantitative estimate of drug-likeness (QED) is 0.838. The van der Waals surface area contributed by atoms with E-state index >= 15 is 0 Å². The number of nitrogens with zero attached hydrogens (tertiary/aromatic N) is 2. The molecule has 0 bridgehead atoms. The van der Waals surface area contributed by atoms with Crippen molar-refractivity contribution >= 4 is 17.7 Å². The van der Waals surface area contributed by atoms with Gasteiger partial charge >= 0.3 is 6.18 Å². The number of aromatic nitrogens is 2. The van der Waals surface area contributed by atoms with Gasteiger partial charge in [-0.3, -0.25) is 4.79 Å². The zero-order valence-corrected chi connectivity index (χ0v) is 10.2. The van der Waals surface area contributed by atoms with Gasteiger partial charge in [-0.05, 0) is 12.8 Å². The third-order valence-corrected chi connectivity index (χ3v) is 3.37. The second-order valence-corrected chi connectivity index (χ2v) is 4.97. The normalized spacial score (nSPS) is 15.7. The molecule has 1 N–H and O–H groups in total. The maximum Gasteiger partial charge on any atom is 0.405 e. The van der Waals surface area contributed by atoms with E-state index in [0.717, 1.165) is 24.6 Å². The lowest BCUT2D eigenvalue weighted by molar-refractivity contribution is -0.136. The van der Waals surface area contributed by atoms with Gasteiger partial charge in [-0.1, -0.05) is 11.8 Å². The van der Waals surface area contributed by atoms with E-state index in [0.29, 0.717) is 11.2 Å². The molecule has 1 aromatic heterocycles. The van der Waals surface area contributed by atoms with Gasteiger partial charge in [0.1, 0.15) is 6.54 Å². The van der Waals surface area contributed by atoms with Crippen LogP contribution in [0.25, 0.3) is 0 Å². The van der Waals surface area contributed by atoms with Crippen LogP contribution in [0.2, 0.25) is 0 Å². The number of hydrogen-bond acceptors (Lipinski definition) is 3. The summed E-state index contributed by atoms with van der Waals surface area (Å²) in [6.07, 6.45) is 1.27. The minimum atomic E-state index is -4.37. The Morgan fingerprint density at radius 2 is 2.28 bits per heavy atom. The van der Waals surface area contributed by atoms with Crippen molar-refractivity contribution in [2.45, 2.75) is 30.2 Å². The Morgan fingerprint density at radius 3 is 2.89 bits per heavy atom. The van der Waals surface area contributed by atoms with Gasteiger partial charge in [0, 0.05) is 18.4 Å². The maximum atomic E-state index is 11.9. The summed E-state index contributed by atoms with van der Waals surface area (Å²) in [5, 5.41) is 2.51. The average Bonchev–Trinajstić information content (AvgIpc) is 3.02. The van der Waals surface area contributed by atoms with Crippen molar-refractivity contribution in [1.29, 1.82) is 0 Å². The Kier molecular flexibility index (Phi) is 3.84. The van der Waals surface area contributed by atoms with Crippen LogP contribution >= 0.6 is 11.8 Å². The zero-order chi connectivity index (χ0) is 13.2. The van der Waals surface area contributed by atoms with E-state index in [1.165, 1.54) is 0 Å². The highest BCUT2D eigenvalue weighted by atomic mass is 32.2. The molecule has 0 aliphatic heterocycles. The standard InChI is InChI=1S/C10H12F3N3OS/c11-10(12,13)6-15-8(17)5-18-9-14-3-4-16(9)7-1-2-7/h3-4,7H,1-2,5-6H2,(H,15,17). The number of nitrogens with one attached hydrogen (secondary N) is 1. The van der Waals surface area contributed by atoms with Gasteiger partial charge in [-0.15, -0.1) is 0 Å². The number of carbonyl (C=O) groups is 1. The lowest BCUT2D eigenvalue weighted by Gasteiger charge is -2.08. The first-order chi connectivity index (χ1) is 8.46. The van der Waals surface area contributed by atoms with Crippen molar-refractivity contribution in [3.63, 3.8) is 0 Å². The van der Waals surface area contributed by atoms with Crippen molar-refractivity contribution < 1.29 is 18.0 Å². The van der Waals surface area contributed by atoms with E-state index in [2.05, 4.69) is 4.98 Å². The summed E-state index contributed by atoms with van der Waals surface area (Å²) in [5.74, 6) is -0.692. The van der Waals surface area contributed by atoms with Gasteiger partial charge < -0.3 is 9.88 Å². The Hall–Kier alpha value is -1.18. The summed E-state index contributed by atoms with van der Waals surface area (Å²) in [5.41, 5.74) is 0. The summed E-state index contributed by atoms with van der Waals surface area (Å²) in [6.45, 7) is -1.29. The van der Waals surface area contributed by atoms with E-state index < -0.39 is 18.6 Å². The Morgan fingerprint density at radius 1 is 1.56 bits per heavy atom. The monoisotopic (exact) mass is 279 g/mol. The predicted octanol–water partition coefficient (Wildman–Crippen LogP) is 1.99. The molecule has 1 saturated carbocycles. The summed E-state index contributed by atoms with van der Waals surface area (Å²) < 4.78 is 37.6. The van der Waals surface area contributed by atoms with Crippen molar-refractivity contribution in [3.8, 4) is 0 Å². The Bertz CT molecular complexity index is 428. The molecular weight excluding hydrogens is 267 g/mol. The largest absolute Gasteiger partial charge is 0.405 e. The number of imidazole rings is 1. The second-order valence-electron chi connectivity index (χ2n) is 4.03. The number of rotatable bonds is 5. The molecule has 1 aliphatic rings.